The Balaban J connectivity index is 4.22. The minimum absolute atomic E-state index is 0.0304. The third kappa shape index (κ3) is 5.39. The van der Waals surface area contributed by atoms with Gasteiger partial charge >= 0.3 is 18.1 Å². The molecule has 0 aromatic rings. The van der Waals surface area contributed by atoms with Crippen LogP contribution in [0.3, 0.4) is 0 Å². The first kappa shape index (κ1) is 17.6. The monoisotopic (exact) mass is 291 g/mol. The Hall–Kier alpha value is -1.41. The van der Waals surface area contributed by atoms with E-state index in [9.17, 15) is 31.5 Å². The molecule has 19 heavy (non-hydrogen) atoms. The minimum Gasteiger partial charge on any atom is -0.465 e. The predicted molar refractivity (Wildman–Crippen MR) is 54.4 cm³/mol. The lowest BCUT2D eigenvalue weighted by Gasteiger charge is -2.19. The average molecular weight is 291 g/mol. The molecule has 1 N–H and O–H groups in total. The van der Waals surface area contributed by atoms with Gasteiger partial charge in [-0.1, -0.05) is 0 Å². The summed E-state index contributed by atoms with van der Waals surface area (Å²) in [7, 11) is 0. The second-order valence-electron chi connectivity index (χ2n) is 3.72. The van der Waals surface area contributed by atoms with Crippen LogP contribution in [0.15, 0.2) is 0 Å². The van der Waals surface area contributed by atoms with Crippen LogP contribution in [0.5, 0.6) is 0 Å². The van der Waals surface area contributed by atoms with Gasteiger partial charge in [-0.05, 0) is 13.8 Å². The maximum absolute atomic E-state index is 12.5. The zero-order valence-corrected chi connectivity index (χ0v) is 10.3. The molecule has 0 spiro atoms. The highest BCUT2D eigenvalue weighted by Crippen LogP contribution is 2.37. The van der Waals surface area contributed by atoms with Crippen LogP contribution < -0.4 is 5.32 Å². The summed E-state index contributed by atoms with van der Waals surface area (Å²) in [4.78, 5) is 22.3. The second kappa shape index (κ2) is 6.67. The van der Waals surface area contributed by atoms with Crippen molar-refractivity contribution < 1.29 is 36.3 Å². The van der Waals surface area contributed by atoms with E-state index in [1.54, 1.807) is 0 Å². The molecule has 1 amide bonds. The van der Waals surface area contributed by atoms with E-state index in [2.05, 4.69) is 4.74 Å². The maximum atomic E-state index is 12.5. The number of nitrogens with one attached hydrogen (secondary N) is 1. The van der Waals surface area contributed by atoms with Gasteiger partial charge < -0.3 is 10.1 Å². The molecular formula is C10H14F5NO3. The lowest BCUT2D eigenvalue weighted by molar-refractivity contribution is -0.283. The van der Waals surface area contributed by atoms with Gasteiger partial charge in [0, 0.05) is 13.0 Å². The summed E-state index contributed by atoms with van der Waals surface area (Å²) in [6.07, 6.45) is -7.25. The molecule has 0 aliphatic carbocycles. The van der Waals surface area contributed by atoms with Crippen LogP contribution in [0.1, 0.15) is 20.3 Å². The van der Waals surface area contributed by atoms with Crippen LogP contribution >= 0.6 is 0 Å². The molecule has 0 saturated carbocycles. The number of hydrogen-bond donors (Lipinski definition) is 1. The summed E-state index contributed by atoms with van der Waals surface area (Å²) in [5.41, 5.74) is 0. The average Bonchev–Trinajstić information content (AvgIpc) is 2.26. The Bertz CT molecular complexity index is 330. The van der Waals surface area contributed by atoms with Gasteiger partial charge in [-0.2, -0.15) is 22.0 Å². The molecule has 0 rings (SSSR count). The molecule has 0 saturated heterocycles. The van der Waals surface area contributed by atoms with Gasteiger partial charge in [0.25, 0.3) is 0 Å². The van der Waals surface area contributed by atoms with Gasteiger partial charge in [0.1, 0.15) is 5.92 Å². The quantitative estimate of drug-likeness (QED) is 0.462. The molecule has 0 aliphatic heterocycles. The number of ether oxygens (including phenoxy) is 1. The molecule has 0 aromatic heterocycles. The minimum atomic E-state index is -5.66. The van der Waals surface area contributed by atoms with E-state index in [-0.39, 0.29) is 6.61 Å². The van der Waals surface area contributed by atoms with Gasteiger partial charge in [-0.25, -0.2) is 0 Å². The van der Waals surface area contributed by atoms with E-state index >= 15 is 0 Å². The fourth-order valence-corrected chi connectivity index (χ4v) is 1.01. The van der Waals surface area contributed by atoms with Gasteiger partial charge in [0.2, 0.25) is 5.91 Å². The Morgan fingerprint density at radius 1 is 1.21 bits per heavy atom. The van der Waals surface area contributed by atoms with Crippen LogP contribution in [-0.2, 0) is 14.3 Å². The summed E-state index contributed by atoms with van der Waals surface area (Å²) in [6, 6.07) is 0. The number of carbonyl (C=O) groups is 2. The van der Waals surface area contributed by atoms with Crippen molar-refractivity contribution in [1.29, 1.82) is 0 Å². The van der Waals surface area contributed by atoms with E-state index in [0.29, 0.717) is 0 Å². The molecule has 0 heterocycles. The normalized spacial score (nSPS) is 13.8. The molecule has 0 fully saturated rings. The molecule has 1 atom stereocenters. The highest BCUT2D eigenvalue weighted by Gasteiger charge is 2.56. The summed E-state index contributed by atoms with van der Waals surface area (Å²) >= 11 is 0. The number of rotatable bonds is 6. The third-order valence-corrected chi connectivity index (χ3v) is 2.19. The Labute approximate surface area is 106 Å². The smallest absolute Gasteiger partial charge is 0.453 e. The molecule has 0 aromatic carbocycles. The molecule has 0 aliphatic rings. The Kier molecular flexibility index (Phi) is 6.17. The Morgan fingerprint density at radius 3 is 2.16 bits per heavy atom. The number of esters is 1. The highest BCUT2D eigenvalue weighted by molar-refractivity contribution is 5.97. The van der Waals surface area contributed by atoms with Gasteiger partial charge in [-0.3, -0.25) is 9.59 Å². The lowest BCUT2D eigenvalue weighted by atomic mass is 10.1. The number of halogens is 5. The molecule has 0 radical (unpaired) electrons. The fourth-order valence-electron chi connectivity index (χ4n) is 1.01. The van der Waals surface area contributed by atoms with Crippen molar-refractivity contribution in [3.63, 3.8) is 0 Å². The first-order valence-corrected chi connectivity index (χ1v) is 5.41. The lowest BCUT2D eigenvalue weighted by Crippen LogP contribution is -2.41. The summed E-state index contributed by atoms with van der Waals surface area (Å²) in [5, 5.41) is 1.83. The second-order valence-corrected chi connectivity index (χ2v) is 3.72. The van der Waals surface area contributed by atoms with Crippen molar-refractivity contribution in [3.8, 4) is 0 Å². The van der Waals surface area contributed by atoms with Gasteiger partial charge in [-0.15, -0.1) is 0 Å². The number of carbonyl (C=O) groups excluding carboxylic acids is 2. The zero-order chi connectivity index (χ0) is 15.3. The van der Waals surface area contributed by atoms with Crippen LogP contribution in [0.2, 0.25) is 0 Å². The van der Waals surface area contributed by atoms with E-state index in [4.69, 9.17) is 0 Å². The van der Waals surface area contributed by atoms with Gasteiger partial charge in [0.05, 0.1) is 6.61 Å². The molecule has 1 unspecified atom stereocenters. The third-order valence-electron chi connectivity index (χ3n) is 2.19. The van der Waals surface area contributed by atoms with Crippen molar-refractivity contribution in [1.82, 2.24) is 5.32 Å². The molecule has 9 heteroatoms. The van der Waals surface area contributed by atoms with Crippen molar-refractivity contribution in [2.75, 3.05) is 13.2 Å². The highest BCUT2D eigenvalue weighted by atomic mass is 19.4. The topological polar surface area (TPSA) is 55.4 Å². The number of alkyl halides is 5. The first-order chi connectivity index (χ1) is 8.53. The maximum Gasteiger partial charge on any atom is 0.453 e. The SMILES string of the molecule is CCOC(=O)C(C)C(=O)NCCC(F)(F)C(F)(F)F. The molecule has 0 bridgehead atoms. The molecule has 112 valence electrons. The predicted octanol–water partition coefficient (Wildman–Crippen LogP) is 1.89. The van der Waals surface area contributed by atoms with Crippen molar-refractivity contribution in [2.45, 2.75) is 32.4 Å². The summed E-state index contributed by atoms with van der Waals surface area (Å²) in [6.45, 7) is 1.80. The Morgan fingerprint density at radius 2 is 1.74 bits per heavy atom. The van der Waals surface area contributed by atoms with Gasteiger partial charge in [0.15, 0.2) is 0 Å². The fraction of sp³-hybridized carbons (Fsp3) is 0.800. The summed E-state index contributed by atoms with van der Waals surface area (Å²) in [5.74, 6) is -7.98. The number of hydrogen-bond acceptors (Lipinski definition) is 3. The van der Waals surface area contributed by atoms with Crippen LogP contribution in [0.4, 0.5) is 22.0 Å². The van der Waals surface area contributed by atoms with E-state index in [1.807, 2.05) is 5.32 Å². The van der Waals surface area contributed by atoms with Crippen molar-refractivity contribution >= 4 is 11.9 Å². The molecule has 4 nitrogen and oxygen atoms in total. The number of amides is 1. The van der Waals surface area contributed by atoms with E-state index < -0.39 is 42.9 Å². The van der Waals surface area contributed by atoms with Crippen molar-refractivity contribution in [2.24, 2.45) is 5.92 Å². The standard InChI is InChI=1S/C10H14F5NO3/c1-3-19-8(18)6(2)7(17)16-5-4-9(11,12)10(13,14)15/h6H,3-5H2,1-2H3,(H,16,17). The molecular weight excluding hydrogens is 277 g/mol. The summed E-state index contributed by atoms with van der Waals surface area (Å²) < 4.78 is 64.9. The van der Waals surface area contributed by atoms with Crippen LogP contribution in [-0.4, -0.2) is 37.1 Å². The van der Waals surface area contributed by atoms with Crippen LogP contribution in [0, 0.1) is 5.92 Å². The largest absolute Gasteiger partial charge is 0.465 e. The first-order valence-electron chi connectivity index (χ1n) is 5.41. The van der Waals surface area contributed by atoms with Crippen LogP contribution in [0.25, 0.3) is 0 Å². The zero-order valence-electron chi connectivity index (χ0n) is 10.3. The van der Waals surface area contributed by atoms with Crippen molar-refractivity contribution in [3.05, 3.63) is 0 Å². The van der Waals surface area contributed by atoms with E-state index in [0.717, 1.165) is 6.92 Å². The van der Waals surface area contributed by atoms with E-state index in [1.165, 1.54) is 6.92 Å².